The number of nitrogens with two attached hydrogens (primary N) is 1. The summed E-state index contributed by atoms with van der Waals surface area (Å²) in [6.07, 6.45) is 0. The minimum Gasteiger partial charge on any atom is -0.329 e. The highest BCUT2D eigenvalue weighted by molar-refractivity contribution is 7.89. The zero-order valence-corrected chi connectivity index (χ0v) is 10.9. The van der Waals surface area contributed by atoms with Gasteiger partial charge in [0.05, 0.1) is 4.92 Å². The van der Waals surface area contributed by atoms with Gasteiger partial charge in [0.15, 0.2) is 4.90 Å². The minimum absolute atomic E-state index is 0.110. The molecule has 1 rings (SSSR count). The summed E-state index contributed by atoms with van der Waals surface area (Å²) >= 11 is 0. The molecule has 0 heterocycles. The van der Waals surface area contributed by atoms with E-state index in [1.165, 1.54) is 19.1 Å². The molecule has 18 heavy (non-hydrogen) atoms. The lowest BCUT2D eigenvalue weighted by Gasteiger charge is -2.13. The van der Waals surface area contributed by atoms with Crippen LogP contribution in [0.4, 0.5) is 5.69 Å². The van der Waals surface area contributed by atoms with Gasteiger partial charge in [-0.05, 0) is 19.4 Å². The predicted octanol–water partition coefficient (Wildman–Crippen LogP) is 0.529. The van der Waals surface area contributed by atoms with Crippen molar-refractivity contribution < 1.29 is 13.3 Å². The Balaban J connectivity index is 3.36. The molecular weight excluding hydrogens is 258 g/mol. The summed E-state index contributed by atoms with van der Waals surface area (Å²) in [4.78, 5) is 9.84. The Kier molecular flexibility index (Phi) is 4.38. The van der Waals surface area contributed by atoms with Crippen LogP contribution in [0, 0.1) is 17.0 Å². The molecule has 0 saturated carbocycles. The molecule has 0 bridgehead atoms. The number of rotatable bonds is 5. The van der Waals surface area contributed by atoms with Crippen LogP contribution < -0.4 is 10.5 Å². The van der Waals surface area contributed by atoms with Crippen molar-refractivity contribution in [3.63, 3.8) is 0 Å². The summed E-state index contributed by atoms with van der Waals surface area (Å²) in [5, 5.41) is 10.9. The molecule has 0 aliphatic rings. The number of nitrogens with zero attached hydrogens (tertiary/aromatic N) is 1. The van der Waals surface area contributed by atoms with Crippen molar-refractivity contribution in [2.75, 3.05) is 6.54 Å². The van der Waals surface area contributed by atoms with E-state index in [0.717, 1.165) is 6.07 Å². The van der Waals surface area contributed by atoms with Gasteiger partial charge in [-0.25, -0.2) is 13.1 Å². The first kappa shape index (κ1) is 14.6. The number of hydrogen-bond donors (Lipinski definition) is 2. The summed E-state index contributed by atoms with van der Waals surface area (Å²) in [6.45, 7) is 3.20. The lowest BCUT2D eigenvalue weighted by molar-refractivity contribution is -0.387. The van der Waals surface area contributed by atoms with Crippen LogP contribution in [-0.2, 0) is 10.0 Å². The summed E-state index contributed by atoms with van der Waals surface area (Å²) in [7, 11) is -3.95. The number of nitrogens with one attached hydrogen (secondary N) is 1. The van der Waals surface area contributed by atoms with Gasteiger partial charge in [-0.2, -0.15) is 0 Å². The van der Waals surface area contributed by atoms with Gasteiger partial charge < -0.3 is 5.73 Å². The first-order valence-electron chi connectivity index (χ1n) is 5.26. The van der Waals surface area contributed by atoms with Crippen molar-refractivity contribution >= 4 is 15.7 Å². The van der Waals surface area contributed by atoms with Crippen LogP contribution in [0.5, 0.6) is 0 Å². The van der Waals surface area contributed by atoms with E-state index in [0.29, 0.717) is 5.56 Å². The molecule has 0 saturated heterocycles. The van der Waals surface area contributed by atoms with Crippen molar-refractivity contribution in [3.05, 3.63) is 33.9 Å². The Bertz CT molecular complexity index is 556. The van der Waals surface area contributed by atoms with Crippen molar-refractivity contribution in [1.29, 1.82) is 0 Å². The van der Waals surface area contributed by atoms with Crippen molar-refractivity contribution in [3.8, 4) is 0 Å². The van der Waals surface area contributed by atoms with Crippen LogP contribution >= 0.6 is 0 Å². The van der Waals surface area contributed by atoms with E-state index in [1.807, 2.05) is 0 Å². The molecule has 1 unspecified atom stereocenters. The second-order valence-corrected chi connectivity index (χ2v) is 5.59. The fourth-order valence-corrected chi connectivity index (χ4v) is 3.16. The molecule has 3 N–H and O–H groups in total. The molecule has 0 aliphatic heterocycles. The number of aryl methyl sites for hydroxylation is 1. The summed E-state index contributed by atoms with van der Waals surface area (Å²) in [5.74, 6) is 0. The molecule has 8 heteroatoms. The van der Waals surface area contributed by atoms with Crippen molar-refractivity contribution in [2.45, 2.75) is 24.8 Å². The van der Waals surface area contributed by atoms with Crippen LogP contribution in [0.1, 0.15) is 12.5 Å². The number of nitro groups is 1. The van der Waals surface area contributed by atoms with Crippen LogP contribution in [0.2, 0.25) is 0 Å². The van der Waals surface area contributed by atoms with Gasteiger partial charge in [0.25, 0.3) is 5.69 Å². The maximum atomic E-state index is 12.1. The van der Waals surface area contributed by atoms with Gasteiger partial charge in [-0.3, -0.25) is 10.1 Å². The molecule has 0 aliphatic carbocycles. The Hall–Kier alpha value is -1.51. The third kappa shape index (κ3) is 3.03. The number of hydrogen-bond acceptors (Lipinski definition) is 5. The van der Waals surface area contributed by atoms with Crippen LogP contribution in [0.25, 0.3) is 0 Å². The molecule has 1 atom stereocenters. The van der Waals surface area contributed by atoms with Crippen molar-refractivity contribution in [2.24, 2.45) is 5.73 Å². The van der Waals surface area contributed by atoms with Crippen LogP contribution in [0.15, 0.2) is 23.1 Å². The van der Waals surface area contributed by atoms with Gasteiger partial charge in [0.1, 0.15) is 0 Å². The molecular formula is C10H15N3O4S. The highest BCUT2D eigenvalue weighted by atomic mass is 32.2. The minimum atomic E-state index is -3.95. The zero-order valence-electron chi connectivity index (χ0n) is 10.1. The molecule has 7 nitrogen and oxygen atoms in total. The molecule has 1 aromatic rings. The summed E-state index contributed by atoms with van der Waals surface area (Å²) in [6, 6.07) is 3.62. The van der Waals surface area contributed by atoms with Crippen LogP contribution in [-0.4, -0.2) is 25.9 Å². The largest absolute Gasteiger partial charge is 0.329 e. The van der Waals surface area contributed by atoms with Gasteiger partial charge in [0.2, 0.25) is 10.0 Å². The van der Waals surface area contributed by atoms with Gasteiger partial charge in [-0.15, -0.1) is 0 Å². The molecule has 100 valence electrons. The van der Waals surface area contributed by atoms with E-state index in [1.54, 1.807) is 6.92 Å². The van der Waals surface area contributed by atoms with Crippen LogP contribution in [0.3, 0.4) is 0 Å². The monoisotopic (exact) mass is 273 g/mol. The number of benzene rings is 1. The van der Waals surface area contributed by atoms with Gasteiger partial charge in [-0.1, -0.05) is 12.1 Å². The first-order chi connectivity index (χ1) is 8.29. The smallest absolute Gasteiger partial charge is 0.289 e. The normalized spacial score (nSPS) is 13.3. The maximum Gasteiger partial charge on any atom is 0.289 e. The predicted molar refractivity (Wildman–Crippen MR) is 66.7 cm³/mol. The third-order valence-corrected chi connectivity index (χ3v) is 4.15. The fourth-order valence-electron chi connectivity index (χ4n) is 1.50. The second-order valence-electron chi connectivity index (χ2n) is 3.94. The van der Waals surface area contributed by atoms with Gasteiger partial charge >= 0.3 is 0 Å². The molecule has 0 aromatic heterocycles. The molecule has 1 aromatic carbocycles. The first-order valence-corrected chi connectivity index (χ1v) is 6.74. The van der Waals surface area contributed by atoms with Crippen molar-refractivity contribution in [1.82, 2.24) is 4.72 Å². The van der Waals surface area contributed by atoms with E-state index >= 15 is 0 Å². The van der Waals surface area contributed by atoms with E-state index < -0.39 is 26.7 Å². The Morgan fingerprint density at radius 3 is 2.61 bits per heavy atom. The summed E-state index contributed by atoms with van der Waals surface area (Å²) in [5.41, 5.74) is 5.21. The molecule has 0 amide bonds. The molecule has 0 radical (unpaired) electrons. The number of sulfonamides is 1. The molecule has 0 fully saturated rings. The SMILES string of the molecule is Cc1cccc([N+](=O)[O-])c1S(=O)(=O)NC(C)CN. The van der Waals surface area contributed by atoms with E-state index in [2.05, 4.69) is 4.72 Å². The average Bonchev–Trinajstić information content (AvgIpc) is 2.27. The highest BCUT2D eigenvalue weighted by Crippen LogP contribution is 2.26. The maximum absolute atomic E-state index is 12.1. The Morgan fingerprint density at radius 2 is 2.11 bits per heavy atom. The summed E-state index contributed by atoms with van der Waals surface area (Å²) < 4.78 is 26.5. The fraction of sp³-hybridized carbons (Fsp3) is 0.400. The highest BCUT2D eigenvalue weighted by Gasteiger charge is 2.28. The van der Waals surface area contributed by atoms with E-state index in [9.17, 15) is 18.5 Å². The standard InChI is InChI=1S/C10H15N3O4S/c1-7-4-3-5-9(13(14)15)10(7)18(16,17)12-8(2)6-11/h3-5,8,12H,6,11H2,1-2H3. The van der Waals surface area contributed by atoms with E-state index in [4.69, 9.17) is 5.73 Å². The second kappa shape index (κ2) is 5.42. The Morgan fingerprint density at radius 1 is 1.50 bits per heavy atom. The Labute approximate surface area is 105 Å². The number of nitro benzene ring substituents is 1. The zero-order chi connectivity index (χ0) is 13.9. The molecule has 0 spiro atoms. The average molecular weight is 273 g/mol. The van der Waals surface area contributed by atoms with Gasteiger partial charge in [0, 0.05) is 18.7 Å². The topological polar surface area (TPSA) is 115 Å². The lowest BCUT2D eigenvalue weighted by Crippen LogP contribution is -2.38. The third-order valence-electron chi connectivity index (χ3n) is 2.37. The van der Waals surface area contributed by atoms with E-state index in [-0.39, 0.29) is 11.4 Å². The lowest BCUT2D eigenvalue weighted by atomic mass is 10.2. The quantitative estimate of drug-likeness (QED) is 0.599.